The summed E-state index contributed by atoms with van der Waals surface area (Å²) in [5.74, 6) is 2.71. The Morgan fingerprint density at radius 1 is 1.17 bits per heavy atom. The van der Waals surface area contributed by atoms with E-state index in [1.54, 1.807) is 14.2 Å². The van der Waals surface area contributed by atoms with E-state index in [1.165, 1.54) is 0 Å². The predicted octanol–water partition coefficient (Wildman–Crippen LogP) is 0.383. The van der Waals surface area contributed by atoms with Crippen LogP contribution in [-0.4, -0.2) is 51.9 Å². The van der Waals surface area contributed by atoms with E-state index < -0.39 is 0 Å². The molecule has 29 heavy (non-hydrogen) atoms. The maximum atomic E-state index is 13.2. The van der Waals surface area contributed by atoms with Crippen molar-refractivity contribution < 1.29 is 52.2 Å². The van der Waals surface area contributed by atoms with Crippen molar-refractivity contribution in [1.82, 2.24) is 0 Å². The van der Waals surface area contributed by atoms with Gasteiger partial charge in [0.2, 0.25) is 12.5 Å². The number of benzene rings is 2. The number of fused-ring (bicyclic) bond motifs is 2. The fourth-order valence-electron chi connectivity index (χ4n) is 4.28. The van der Waals surface area contributed by atoms with Crippen LogP contribution in [0.2, 0.25) is 0 Å². The fraction of sp³-hybridized carbons (Fsp3) is 0.409. The molecular weight excluding hydrogens is 485 g/mol. The average Bonchev–Trinajstić information content (AvgIpc) is 3.16. The van der Waals surface area contributed by atoms with Gasteiger partial charge in [0, 0.05) is 6.42 Å². The van der Waals surface area contributed by atoms with Gasteiger partial charge in [-0.15, -0.1) is 0 Å². The van der Waals surface area contributed by atoms with Gasteiger partial charge in [-0.25, -0.2) is 0 Å². The Labute approximate surface area is 188 Å². The molecule has 0 aromatic heterocycles. The standard InChI is InChI=1S/C22H26NO5.HI/c1-23(2)10-9-14-11-19-21(28-13-27-19)22(26-4)20(14)16(23)12-17(24)15-7-5-6-8-18(15)25-3;/h5-8,11,16H,9-10,12-13H2,1-4H3;1H/q+1;/p-1. The zero-order valence-electron chi connectivity index (χ0n) is 17.2. The third-order valence-corrected chi connectivity index (χ3v) is 5.87. The second kappa shape index (κ2) is 8.39. The first-order chi connectivity index (χ1) is 13.5. The molecule has 2 aromatic carbocycles. The molecule has 2 aliphatic rings. The van der Waals surface area contributed by atoms with E-state index in [4.69, 9.17) is 18.9 Å². The topological polar surface area (TPSA) is 54.0 Å². The van der Waals surface area contributed by atoms with Crippen LogP contribution in [0.25, 0.3) is 0 Å². The molecule has 0 radical (unpaired) electrons. The molecule has 0 aliphatic carbocycles. The van der Waals surface area contributed by atoms with Gasteiger partial charge in [-0.2, -0.15) is 0 Å². The molecule has 0 bridgehead atoms. The van der Waals surface area contributed by atoms with E-state index in [0.717, 1.165) is 29.8 Å². The van der Waals surface area contributed by atoms with Crippen LogP contribution < -0.4 is 42.9 Å². The van der Waals surface area contributed by atoms with Crippen molar-refractivity contribution in [2.75, 3.05) is 41.7 Å². The number of hydrogen-bond donors (Lipinski definition) is 0. The molecule has 4 rings (SSSR count). The summed E-state index contributed by atoms with van der Waals surface area (Å²) >= 11 is 0. The van der Waals surface area contributed by atoms with Crippen LogP contribution in [0.3, 0.4) is 0 Å². The largest absolute Gasteiger partial charge is 1.00 e. The zero-order valence-corrected chi connectivity index (χ0v) is 19.3. The number of quaternary nitrogens is 1. The molecule has 156 valence electrons. The normalized spacial score (nSPS) is 18.4. The average molecular weight is 511 g/mol. The highest BCUT2D eigenvalue weighted by atomic mass is 127. The van der Waals surface area contributed by atoms with Gasteiger partial charge in [-0.1, -0.05) is 12.1 Å². The van der Waals surface area contributed by atoms with Crippen molar-refractivity contribution in [3.8, 4) is 23.0 Å². The first-order valence-electron chi connectivity index (χ1n) is 9.44. The van der Waals surface area contributed by atoms with Crippen LogP contribution in [0.1, 0.15) is 33.9 Å². The molecule has 0 saturated heterocycles. The summed E-state index contributed by atoms with van der Waals surface area (Å²) in [5.41, 5.74) is 2.82. The Morgan fingerprint density at radius 2 is 1.93 bits per heavy atom. The van der Waals surface area contributed by atoms with Crippen LogP contribution in [0.4, 0.5) is 0 Å². The molecule has 0 amide bonds. The summed E-state index contributed by atoms with van der Waals surface area (Å²) in [5, 5.41) is 0. The zero-order chi connectivity index (χ0) is 19.9. The number of methoxy groups -OCH3 is 2. The molecule has 1 unspecified atom stereocenters. The van der Waals surface area contributed by atoms with Gasteiger partial charge < -0.3 is 47.4 Å². The quantitative estimate of drug-likeness (QED) is 0.331. The first-order valence-corrected chi connectivity index (χ1v) is 9.44. The van der Waals surface area contributed by atoms with Gasteiger partial charge in [-0.05, 0) is 23.8 Å². The molecule has 0 N–H and O–H groups in total. The second-order valence-electron chi connectivity index (χ2n) is 7.81. The lowest BCUT2D eigenvalue weighted by atomic mass is 9.85. The minimum Gasteiger partial charge on any atom is -1.00 e. The van der Waals surface area contributed by atoms with E-state index in [1.807, 2.05) is 30.3 Å². The SMILES string of the molecule is COc1ccccc1C(=O)CC1c2c(cc3c(c2OC)OCO3)CC[N+]1(C)C.[I-]. The minimum absolute atomic E-state index is 0. The maximum absolute atomic E-state index is 13.2. The number of carbonyl (C=O) groups is 1. The number of likely N-dealkylation sites (N-methyl/N-ethyl adjacent to an activating group) is 1. The summed E-state index contributed by atoms with van der Waals surface area (Å²) in [6, 6.07) is 9.37. The third-order valence-electron chi connectivity index (χ3n) is 5.87. The number of ether oxygens (including phenoxy) is 4. The number of halogens is 1. The summed E-state index contributed by atoms with van der Waals surface area (Å²) in [6.45, 7) is 1.12. The van der Waals surface area contributed by atoms with Crippen molar-refractivity contribution in [2.24, 2.45) is 0 Å². The number of Topliss-reactive ketones (excluding diaryl/α,β-unsaturated/α-hetero) is 1. The lowest BCUT2D eigenvalue weighted by molar-refractivity contribution is -0.922. The Balaban J connectivity index is 0.00000240. The molecule has 0 spiro atoms. The maximum Gasteiger partial charge on any atom is 0.231 e. The van der Waals surface area contributed by atoms with Crippen LogP contribution in [0.15, 0.2) is 30.3 Å². The Kier molecular flexibility index (Phi) is 6.28. The minimum atomic E-state index is -0.0504. The second-order valence-corrected chi connectivity index (χ2v) is 7.81. The third kappa shape index (κ3) is 3.77. The lowest BCUT2D eigenvalue weighted by Gasteiger charge is -2.43. The van der Waals surface area contributed by atoms with E-state index in [0.29, 0.717) is 33.7 Å². The van der Waals surface area contributed by atoms with Gasteiger partial charge in [0.05, 0.1) is 52.4 Å². The number of nitrogens with zero attached hydrogens (tertiary/aromatic N) is 1. The monoisotopic (exact) mass is 511 g/mol. The van der Waals surface area contributed by atoms with Crippen LogP contribution in [-0.2, 0) is 6.42 Å². The van der Waals surface area contributed by atoms with Gasteiger partial charge in [0.1, 0.15) is 11.8 Å². The number of para-hydroxylation sites is 1. The van der Waals surface area contributed by atoms with E-state index in [9.17, 15) is 4.79 Å². The summed E-state index contributed by atoms with van der Waals surface area (Å²) in [7, 11) is 7.55. The summed E-state index contributed by atoms with van der Waals surface area (Å²) < 4.78 is 23.1. The molecule has 2 aliphatic heterocycles. The highest BCUT2D eigenvalue weighted by Gasteiger charge is 2.42. The van der Waals surface area contributed by atoms with Gasteiger partial charge in [0.25, 0.3) is 0 Å². The fourth-order valence-corrected chi connectivity index (χ4v) is 4.28. The summed E-state index contributed by atoms with van der Waals surface area (Å²) in [4.78, 5) is 13.2. The number of rotatable bonds is 5. The molecule has 2 aromatic rings. The van der Waals surface area contributed by atoms with Crippen molar-refractivity contribution in [3.05, 3.63) is 47.0 Å². The first kappa shape index (κ1) is 21.7. The number of ketones is 1. The molecule has 6 nitrogen and oxygen atoms in total. The highest BCUT2D eigenvalue weighted by Crippen LogP contribution is 2.51. The van der Waals surface area contributed by atoms with Crippen molar-refractivity contribution in [2.45, 2.75) is 18.9 Å². The van der Waals surface area contributed by atoms with Crippen molar-refractivity contribution in [3.63, 3.8) is 0 Å². The van der Waals surface area contributed by atoms with E-state index >= 15 is 0 Å². The highest BCUT2D eigenvalue weighted by molar-refractivity contribution is 5.99. The molecule has 2 heterocycles. The van der Waals surface area contributed by atoms with Gasteiger partial charge >= 0.3 is 0 Å². The molecule has 0 fully saturated rings. The van der Waals surface area contributed by atoms with Gasteiger partial charge in [0.15, 0.2) is 17.3 Å². The summed E-state index contributed by atoms with van der Waals surface area (Å²) in [6.07, 6.45) is 1.26. The molecule has 1 atom stereocenters. The lowest BCUT2D eigenvalue weighted by Crippen LogP contribution is -3.00. The van der Waals surface area contributed by atoms with Crippen LogP contribution in [0, 0.1) is 0 Å². The Hall–Kier alpha value is -2.00. The van der Waals surface area contributed by atoms with Gasteiger partial charge in [-0.3, -0.25) is 4.79 Å². The number of hydrogen-bond acceptors (Lipinski definition) is 5. The van der Waals surface area contributed by atoms with E-state index in [2.05, 4.69) is 14.1 Å². The van der Waals surface area contributed by atoms with E-state index in [-0.39, 0.29) is 42.6 Å². The Morgan fingerprint density at radius 3 is 2.66 bits per heavy atom. The Bertz CT molecular complexity index is 928. The van der Waals surface area contributed by atoms with Crippen molar-refractivity contribution in [1.29, 1.82) is 0 Å². The predicted molar refractivity (Wildman–Crippen MR) is 104 cm³/mol. The molecular formula is C22H26INO5. The smallest absolute Gasteiger partial charge is 0.231 e. The number of carbonyl (C=O) groups excluding carboxylic acids is 1. The molecule has 7 heteroatoms. The van der Waals surface area contributed by atoms with Crippen LogP contribution in [0.5, 0.6) is 23.0 Å². The molecule has 0 saturated carbocycles. The van der Waals surface area contributed by atoms with Crippen LogP contribution >= 0.6 is 0 Å². The van der Waals surface area contributed by atoms with Crippen molar-refractivity contribution >= 4 is 5.78 Å².